The van der Waals surface area contributed by atoms with Crippen molar-refractivity contribution in [2.75, 3.05) is 0 Å². The molecule has 0 aromatic carbocycles. The molecule has 0 aliphatic heterocycles. The molecule has 4 aromatic heterocycles. The van der Waals surface area contributed by atoms with Crippen molar-refractivity contribution < 1.29 is 31.5 Å². The Morgan fingerprint density at radius 2 is 1.77 bits per heavy atom. The van der Waals surface area contributed by atoms with Crippen LogP contribution >= 0.6 is 11.3 Å². The van der Waals surface area contributed by atoms with Gasteiger partial charge in [0.25, 0.3) is 11.8 Å². The molecule has 17 heteroatoms. The first-order valence-corrected chi connectivity index (χ1v) is 13.7. The van der Waals surface area contributed by atoms with Crippen molar-refractivity contribution in [1.82, 2.24) is 45.8 Å². The Bertz CT molecular complexity index is 1570. The summed E-state index contributed by atoms with van der Waals surface area (Å²) in [5.74, 6) is -1.20. The van der Waals surface area contributed by atoms with Crippen molar-refractivity contribution >= 4 is 23.2 Å². The van der Waals surface area contributed by atoms with Crippen LogP contribution in [0.25, 0.3) is 0 Å². The van der Waals surface area contributed by atoms with Crippen LogP contribution in [0.4, 0.5) is 22.0 Å². The molecule has 1 atom stereocenters. The second-order valence-corrected chi connectivity index (χ2v) is 11.0. The molecule has 0 radical (unpaired) electrons. The zero-order valence-corrected chi connectivity index (χ0v) is 23.7. The summed E-state index contributed by atoms with van der Waals surface area (Å²) < 4.78 is 68.4. The van der Waals surface area contributed by atoms with Gasteiger partial charge < -0.3 is 10.6 Å². The van der Waals surface area contributed by atoms with Gasteiger partial charge in [0.15, 0.2) is 5.69 Å². The van der Waals surface area contributed by atoms with Crippen molar-refractivity contribution in [2.45, 2.75) is 64.3 Å². The Hall–Kier alpha value is -4.41. The number of carbonyl (C=O) groups is 2. The number of carbonyl (C=O) groups excluding carboxylic acids is 2. The first-order valence-electron chi connectivity index (χ1n) is 12.9. The van der Waals surface area contributed by atoms with Gasteiger partial charge in [-0.3, -0.25) is 19.6 Å². The zero-order chi connectivity index (χ0) is 31.2. The number of halogens is 5. The molecule has 0 aliphatic rings. The first kappa shape index (κ1) is 31.5. The Morgan fingerprint density at radius 3 is 2.51 bits per heavy atom. The summed E-state index contributed by atoms with van der Waals surface area (Å²) in [5, 5.41) is 20.8. The van der Waals surface area contributed by atoms with E-state index in [4.69, 9.17) is 0 Å². The summed E-state index contributed by atoms with van der Waals surface area (Å²) in [6.45, 7) is 2.47. The minimum atomic E-state index is -4.56. The summed E-state index contributed by atoms with van der Waals surface area (Å²) in [6, 6.07) is 4.00. The number of hydrogen-bond donors (Lipinski definition) is 2. The van der Waals surface area contributed by atoms with E-state index in [0.717, 1.165) is 22.1 Å². The van der Waals surface area contributed by atoms with Gasteiger partial charge in [-0.05, 0) is 49.6 Å². The van der Waals surface area contributed by atoms with Crippen molar-refractivity contribution in [2.24, 2.45) is 0 Å². The average molecular weight is 624 g/mol. The lowest BCUT2D eigenvalue weighted by Gasteiger charge is -2.15. The Labute approximate surface area is 246 Å². The summed E-state index contributed by atoms with van der Waals surface area (Å²) in [6.07, 6.45) is -1.18. The number of nitrogens with zero attached hydrogens (tertiary/aromatic N) is 7. The SMILES string of the molecule is CC(C)(F)c1ccnc(CNC(=O)c2nnc(CCC(F)Cn3cc(C(=O)NCc4cncc(C(F)(F)F)c4)nn3)s2)c1. The van der Waals surface area contributed by atoms with Gasteiger partial charge in [-0.15, -0.1) is 15.3 Å². The fourth-order valence-electron chi connectivity index (χ4n) is 3.72. The molecule has 0 saturated carbocycles. The number of alkyl halides is 5. The smallest absolute Gasteiger partial charge is 0.346 e. The maximum Gasteiger partial charge on any atom is 0.417 e. The molecule has 2 N–H and O–H groups in total. The highest BCUT2D eigenvalue weighted by Crippen LogP contribution is 2.29. The van der Waals surface area contributed by atoms with Crippen molar-refractivity contribution in [3.05, 3.63) is 81.1 Å². The number of aryl methyl sites for hydroxylation is 1. The van der Waals surface area contributed by atoms with E-state index in [0.29, 0.717) is 22.5 Å². The molecule has 4 rings (SSSR count). The molecular formula is C26H26F5N9O2S. The van der Waals surface area contributed by atoms with Crippen LogP contribution in [-0.2, 0) is 37.9 Å². The molecular weight excluding hydrogens is 597 g/mol. The van der Waals surface area contributed by atoms with Crippen LogP contribution in [0.3, 0.4) is 0 Å². The largest absolute Gasteiger partial charge is 0.417 e. The highest BCUT2D eigenvalue weighted by molar-refractivity contribution is 7.13. The Kier molecular flexibility index (Phi) is 9.73. The van der Waals surface area contributed by atoms with Gasteiger partial charge in [0.05, 0.1) is 30.5 Å². The van der Waals surface area contributed by atoms with E-state index in [9.17, 15) is 31.5 Å². The number of hydrogen-bond acceptors (Lipinski definition) is 9. The summed E-state index contributed by atoms with van der Waals surface area (Å²) >= 11 is 1.01. The van der Waals surface area contributed by atoms with Crippen molar-refractivity contribution in [1.29, 1.82) is 0 Å². The lowest BCUT2D eigenvalue weighted by molar-refractivity contribution is -0.137. The standard InChI is InChI=1S/C26H26F5N9O2S/c1-25(2,28)16-5-6-33-19(8-16)12-35-23(42)24-38-37-21(43-24)4-3-18(27)13-40-14-20(36-39-40)22(41)34-10-15-7-17(11-32-9-15)26(29,30)31/h5-9,11,14,18H,3-4,10,12-13H2,1-2H3,(H,34,41)(H,35,42). The summed E-state index contributed by atoms with van der Waals surface area (Å²) in [4.78, 5) is 32.4. The molecule has 0 bridgehead atoms. The molecule has 11 nitrogen and oxygen atoms in total. The van der Waals surface area contributed by atoms with Crippen LogP contribution in [0.15, 0.2) is 43.0 Å². The van der Waals surface area contributed by atoms with Gasteiger partial charge in [0.1, 0.15) is 16.8 Å². The lowest BCUT2D eigenvalue weighted by Crippen LogP contribution is -2.23. The maximum absolute atomic E-state index is 14.6. The fourth-order valence-corrected chi connectivity index (χ4v) is 4.49. The van der Waals surface area contributed by atoms with E-state index in [-0.39, 0.29) is 48.7 Å². The van der Waals surface area contributed by atoms with Crippen LogP contribution in [0, 0.1) is 0 Å². The van der Waals surface area contributed by atoms with Crippen molar-refractivity contribution in [3.8, 4) is 0 Å². The van der Waals surface area contributed by atoms with E-state index in [1.54, 1.807) is 12.1 Å². The second-order valence-electron chi connectivity index (χ2n) is 9.92. The van der Waals surface area contributed by atoms with Gasteiger partial charge >= 0.3 is 6.18 Å². The molecule has 0 fully saturated rings. The minimum absolute atomic E-state index is 0.0237. The fraction of sp³-hybridized carbons (Fsp3) is 0.385. The quantitative estimate of drug-likeness (QED) is 0.226. The van der Waals surface area contributed by atoms with E-state index in [1.165, 1.54) is 32.4 Å². The number of aromatic nitrogens is 7. The summed E-state index contributed by atoms with van der Waals surface area (Å²) in [5.41, 5.74) is -1.58. The molecule has 0 spiro atoms. The number of amides is 2. The third-order valence-corrected chi connectivity index (χ3v) is 6.98. The van der Waals surface area contributed by atoms with E-state index >= 15 is 0 Å². The normalized spacial score (nSPS) is 12.6. The predicted molar refractivity (Wildman–Crippen MR) is 143 cm³/mol. The van der Waals surface area contributed by atoms with E-state index < -0.39 is 35.4 Å². The molecule has 0 saturated heterocycles. The minimum Gasteiger partial charge on any atom is -0.346 e. The van der Waals surface area contributed by atoms with Crippen LogP contribution in [0.5, 0.6) is 0 Å². The predicted octanol–water partition coefficient (Wildman–Crippen LogP) is 3.97. The van der Waals surface area contributed by atoms with Crippen LogP contribution in [0.1, 0.15) is 68.0 Å². The Balaban J connectivity index is 1.21. The lowest BCUT2D eigenvalue weighted by atomic mass is 10.0. The van der Waals surface area contributed by atoms with Crippen molar-refractivity contribution in [3.63, 3.8) is 0 Å². The monoisotopic (exact) mass is 623 g/mol. The third kappa shape index (κ3) is 9.04. The van der Waals surface area contributed by atoms with Gasteiger partial charge in [0, 0.05) is 31.6 Å². The van der Waals surface area contributed by atoms with Crippen LogP contribution < -0.4 is 10.6 Å². The average Bonchev–Trinajstić information content (AvgIpc) is 3.63. The molecule has 1 unspecified atom stereocenters. The molecule has 228 valence electrons. The molecule has 43 heavy (non-hydrogen) atoms. The Morgan fingerprint density at radius 1 is 1.00 bits per heavy atom. The molecule has 4 aromatic rings. The summed E-state index contributed by atoms with van der Waals surface area (Å²) in [7, 11) is 0. The number of rotatable bonds is 12. The molecule has 4 heterocycles. The van der Waals surface area contributed by atoms with Gasteiger partial charge in [-0.25, -0.2) is 13.5 Å². The number of nitrogens with one attached hydrogen (secondary N) is 2. The first-order chi connectivity index (χ1) is 20.3. The number of pyridine rings is 2. The van der Waals surface area contributed by atoms with Gasteiger partial charge in [0.2, 0.25) is 5.01 Å². The maximum atomic E-state index is 14.6. The zero-order valence-electron chi connectivity index (χ0n) is 22.9. The molecule has 0 aliphatic carbocycles. The van der Waals surface area contributed by atoms with E-state index in [1.807, 2.05) is 0 Å². The van der Waals surface area contributed by atoms with Crippen LogP contribution in [0.2, 0.25) is 0 Å². The third-order valence-electron chi connectivity index (χ3n) is 6.00. The molecule has 2 amide bonds. The highest BCUT2D eigenvalue weighted by Gasteiger charge is 2.31. The second kappa shape index (κ2) is 13.3. The van der Waals surface area contributed by atoms with E-state index in [2.05, 4.69) is 41.1 Å². The highest BCUT2D eigenvalue weighted by atomic mass is 32.1. The van der Waals surface area contributed by atoms with Gasteiger partial charge in [-0.2, -0.15) is 13.2 Å². The van der Waals surface area contributed by atoms with Gasteiger partial charge in [-0.1, -0.05) is 16.6 Å². The van der Waals surface area contributed by atoms with Crippen LogP contribution in [-0.4, -0.2) is 53.1 Å². The topological polar surface area (TPSA) is 140 Å².